The van der Waals surface area contributed by atoms with Gasteiger partial charge < -0.3 is 5.73 Å². The van der Waals surface area contributed by atoms with Crippen LogP contribution < -0.4 is 5.73 Å². The predicted octanol–water partition coefficient (Wildman–Crippen LogP) is 4.66. The van der Waals surface area contributed by atoms with Gasteiger partial charge in [-0.3, -0.25) is 0 Å². The maximum Gasteiger partial charge on any atom is 0.416 e. The van der Waals surface area contributed by atoms with Crippen molar-refractivity contribution in [2.24, 2.45) is 5.73 Å². The number of alkyl halides is 3. The summed E-state index contributed by atoms with van der Waals surface area (Å²) in [5.41, 5.74) is 4.82. The molecule has 0 heterocycles. The number of hydrogen-bond acceptors (Lipinski definition) is 1. The first-order chi connectivity index (χ1) is 9.30. The minimum Gasteiger partial charge on any atom is -0.320 e. The van der Waals surface area contributed by atoms with E-state index in [4.69, 9.17) is 5.73 Å². The number of rotatable bonds is 2. The largest absolute Gasteiger partial charge is 0.416 e. The van der Waals surface area contributed by atoms with Gasteiger partial charge in [0.2, 0.25) is 0 Å². The van der Waals surface area contributed by atoms with Gasteiger partial charge in [-0.1, -0.05) is 40.2 Å². The Labute approximate surface area is 121 Å². The summed E-state index contributed by atoms with van der Waals surface area (Å²) >= 11 is 3.09. The van der Waals surface area contributed by atoms with Crippen LogP contribution >= 0.6 is 15.9 Å². The van der Waals surface area contributed by atoms with E-state index in [1.165, 1.54) is 36.4 Å². The Morgan fingerprint density at radius 3 is 2.25 bits per heavy atom. The number of hydrogen-bond donors (Lipinski definition) is 1. The van der Waals surface area contributed by atoms with Gasteiger partial charge in [0.05, 0.1) is 11.6 Å². The molecule has 0 aliphatic rings. The van der Waals surface area contributed by atoms with Gasteiger partial charge in [-0.25, -0.2) is 4.39 Å². The maximum absolute atomic E-state index is 13.8. The summed E-state index contributed by atoms with van der Waals surface area (Å²) in [4.78, 5) is 0. The van der Waals surface area contributed by atoms with Gasteiger partial charge in [-0.05, 0) is 23.8 Å². The van der Waals surface area contributed by atoms with Gasteiger partial charge in [0, 0.05) is 10.0 Å². The topological polar surface area (TPSA) is 26.0 Å². The Kier molecular flexibility index (Phi) is 4.15. The number of nitrogens with two attached hydrogens (primary N) is 1. The van der Waals surface area contributed by atoms with E-state index in [9.17, 15) is 17.6 Å². The van der Waals surface area contributed by atoms with Crippen LogP contribution in [0.2, 0.25) is 0 Å². The fraction of sp³-hybridized carbons (Fsp3) is 0.143. The first-order valence-electron chi connectivity index (χ1n) is 5.67. The molecule has 2 N–H and O–H groups in total. The van der Waals surface area contributed by atoms with Crippen LogP contribution in [0, 0.1) is 5.82 Å². The molecule has 2 aromatic rings. The quantitative estimate of drug-likeness (QED) is 0.786. The molecular formula is C14H10BrF4N. The number of benzene rings is 2. The van der Waals surface area contributed by atoms with Crippen molar-refractivity contribution in [2.75, 3.05) is 0 Å². The van der Waals surface area contributed by atoms with E-state index in [0.29, 0.717) is 4.47 Å². The van der Waals surface area contributed by atoms with E-state index < -0.39 is 23.6 Å². The maximum atomic E-state index is 13.8. The lowest BCUT2D eigenvalue weighted by Gasteiger charge is -2.19. The van der Waals surface area contributed by atoms with Crippen LogP contribution in [0.1, 0.15) is 22.7 Å². The Balaban J connectivity index is 2.51. The lowest BCUT2D eigenvalue weighted by Crippen LogP contribution is -2.19. The monoisotopic (exact) mass is 347 g/mol. The minimum absolute atomic E-state index is 0.0184. The summed E-state index contributed by atoms with van der Waals surface area (Å²) < 4.78 is 53.1. The molecule has 0 aliphatic heterocycles. The molecule has 1 unspecified atom stereocenters. The molecule has 2 aromatic carbocycles. The van der Waals surface area contributed by atoms with E-state index >= 15 is 0 Å². The highest BCUT2D eigenvalue weighted by Gasteiger charge is 2.34. The van der Waals surface area contributed by atoms with Crippen molar-refractivity contribution in [3.05, 3.63) is 69.4 Å². The molecule has 1 nitrogen and oxygen atoms in total. The minimum atomic E-state index is -4.53. The highest BCUT2D eigenvalue weighted by atomic mass is 79.9. The summed E-state index contributed by atoms with van der Waals surface area (Å²) in [5, 5.41) is 0. The highest BCUT2D eigenvalue weighted by molar-refractivity contribution is 9.10. The van der Waals surface area contributed by atoms with E-state index in [1.807, 2.05) is 0 Å². The van der Waals surface area contributed by atoms with Crippen molar-refractivity contribution in [3.63, 3.8) is 0 Å². The molecule has 106 valence electrons. The molecule has 0 spiro atoms. The second-order valence-corrected chi connectivity index (χ2v) is 5.14. The van der Waals surface area contributed by atoms with Gasteiger partial charge in [0.1, 0.15) is 5.82 Å². The third-order valence-electron chi connectivity index (χ3n) is 2.90. The molecule has 1 atom stereocenters. The van der Waals surface area contributed by atoms with Crippen molar-refractivity contribution >= 4 is 15.9 Å². The van der Waals surface area contributed by atoms with Gasteiger partial charge >= 0.3 is 6.18 Å². The smallest absolute Gasteiger partial charge is 0.320 e. The van der Waals surface area contributed by atoms with Gasteiger partial charge in [0.15, 0.2) is 0 Å². The van der Waals surface area contributed by atoms with Gasteiger partial charge in [-0.2, -0.15) is 13.2 Å². The molecule has 2 rings (SSSR count). The second-order valence-electron chi connectivity index (χ2n) is 4.23. The molecule has 20 heavy (non-hydrogen) atoms. The van der Waals surface area contributed by atoms with Crippen LogP contribution in [-0.2, 0) is 6.18 Å². The average molecular weight is 348 g/mol. The summed E-state index contributed by atoms with van der Waals surface area (Å²) in [7, 11) is 0. The van der Waals surface area contributed by atoms with Crippen molar-refractivity contribution in [1.82, 2.24) is 0 Å². The van der Waals surface area contributed by atoms with Crippen LogP contribution in [0.3, 0.4) is 0 Å². The Morgan fingerprint density at radius 2 is 1.65 bits per heavy atom. The molecule has 0 aromatic heterocycles. The first-order valence-corrected chi connectivity index (χ1v) is 6.46. The third kappa shape index (κ3) is 3.02. The van der Waals surface area contributed by atoms with Crippen LogP contribution in [0.25, 0.3) is 0 Å². The van der Waals surface area contributed by atoms with Crippen LogP contribution in [0.5, 0.6) is 0 Å². The Bertz CT molecular complexity index is 625. The van der Waals surface area contributed by atoms with Crippen molar-refractivity contribution in [1.29, 1.82) is 0 Å². The summed E-state index contributed by atoms with van der Waals surface area (Å²) in [6, 6.07) is 7.82. The van der Waals surface area contributed by atoms with Crippen LogP contribution in [-0.4, -0.2) is 0 Å². The van der Waals surface area contributed by atoms with E-state index in [0.717, 1.165) is 6.07 Å². The molecule has 0 bridgehead atoms. The summed E-state index contributed by atoms with van der Waals surface area (Å²) in [6.07, 6.45) is -4.53. The van der Waals surface area contributed by atoms with Crippen LogP contribution in [0.4, 0.5) is 17.6 Å². The van der Waals surface area contributed by atoms with E-state index in [1.54, 1.807) is 0 Å². The second kappa shape index (κ2) is 5.54. The molecule has 0 fully saturated rings. The highest BCUT2D eigenvalue weighted by Crippen LogP contribution is 2.36. The van der Waals surface area contributed by atoms with E-state index in [-0.39, 0.29) is 11.1 Å². The average Bonchev–Trinajstić information content (AvgIpc) is 2.37. The van der Waals surface area contributed by atoms with Gasteiger partial charge in [-0.15, -0.1) is 0 Å². The van der Waals surface area contributed by atoms with Crippen molar-refractivity contribution < 1.29 is 17.6 Å². The standard InChI is InChI=1S/C14H10BrF4N/c15-8-5-6-10(12(16)7-8)13(20)9-3-1-2-4-11(9)14(17,18)19/h1-7,13H,20H2. The molecule has 0 amide bonds. The molecule has 6 heteroatoms. The van der Waals surface area contributed by atoms with Crippen molar-refractivity contribution in [3.8, 4) is 0 Å². The van der Waals surface area contributed by atoms with Gasteiger partial charge in [0.25, 0.3) is 0 Å². The predicted molar refractivity (Wildman–Crippen MR) is 71.6 cm³/mol. The lowest BCUT2D eigenvalue weighted by atomic mass is 9.94. The Morgan fingerprint density at radius 1 is 1.00 bits per heavy atom. The zero-order valence-corrected chi connectivity index (χ0v) is 11.7. The Hall–Kier alpha value is -1.40. The lowest BCUT2D eigenvalue weighted by molar-refractivity contribution is -0.138. The number of halogens is 5. The fourth-order valence-electron chi connectivity index (χ4n) is 1.95. The fourth-order valence-corrected chi connectivity index (χ4v) is 2.28. The van der Waals surface area contributed by atoms with Crippen molar-refractivity contribution in [2.45, 2.75) is 12.2 Å². The summed E-state index contributed by atoms with van der Waals surface area (Å²) in [6.45, 7) is 0. The molecule has 0 saturated heterocycles. The first kappa shape index (κ1) is 15.0. The summed E-state index contributed by atoms with van der Waals surface area (Å²) in [5.74, 6) is -0.649. The normalized spacial score (nSPS) is 13.3. The molecule has 0 radical (unpaired) electrons. The van der Waals surface area contributed by atoms with Crippen LogP contribution in [0.15, 0.2) is 46.9 Å². The zero-order valence-electron chi connectivity index (χ0n) is 10.1. The molecule has 0 saturated carbocycles. The van der Waals surface area contributed by atoms with E-state index in [2.05, 4.69) is 15.9 Å². The zero-order chi connectivity index (χ0) is 14.9. The molecule has 0 aliphatic carbocycles. The molecular weight excluding hydrogens is 338 g/mol. The SMILES string of the molecule is NC(c1ccc(Br)cc1F)c1ccccc1C(F)(F)F. The third-order valence-corrected chi connectivity index (χ3v) is 3.39.